The van der Waals surface area contributed by atoms with Gasteiger partial charge in [-0.25, -0.2) is 0 Å². The van der Waals surface area contributed by atoms with Gasteiger partial charge in [0.1, 0.15) is 0 Å². The molecular formula is C19H29NO3. The number of rotatable bonds is 4. The van der Waals surface area contributed by atoms with Crippen molar-refractivity contribution in [1.82, 2.24) is 4.90 Å². The van der Waals surface area contributed by atoms with Crippen LogP contribution in [-0.4, -0.2) is 43.2 Å². The van der Waals surface area contributed by atoms with E-state index >= 15 is 0 Å². The lowest BCUT2D eigenvalue weighted by Crippen LogP contribution is -2.48. The van der Waals surface area contributed by atoms with E-state index in [4.69, 9.17) is 25.9 Å². The minimum Gasteiger partial charge on any atom is -0.493 e. The number of hydrogen-bond donors (Lipinski definition) is 1. The maximum Gasteiger partial charge on any atom is 0.161 e. The number of fused-ring (bicyclic) bond motifs is 3. The van der Waals surface area contributed by atoms with Crippen LogP contribution in [0.25, 0.3) is 0 Å². The number of piperidine rings is 1. The normalized spacial score (nSPS) is 42.9. The van der Waals surface area contributed by atoms with Crippen LogP contribution in [0.5, 0.6) is 11.5 Å². The predicted molar refractivity (Wildman–Crippen MR) is 91.1 cm³/mol. The maximum atomic E-state index is 10.9. The van der Waals surface area contributed by atoms with Crippen LogP contribution in [-0.2, 0) is 6.37 Å². The van der Waals surface area contributed by atoms with Crippen LogP contribution < -0.4 is 9.47 Å². The van der Waals surface area contributed by atoms with E-state index in [1.807, 2.05) is 13.8 Å². The summed E-state index contributed by atoms with van der Waals surface area (Å²) in [5.74, 6) is -2.20. The third-order valence-electron chi connectivity index (χ3n) is 4.28. The fourth-order valence-corrected chi connectivity index (χ4v) is 3.19. The SMILES string of the molecule is [2H]C([2H])([2H])Oc1cc2c(cc1OC([2H])([2H])[2H])C([2H])([2H])C([2H])([2H])N1C2CC(O)C(CC(C)C)C1([2H])[2H]. The average molecular weight is 332 g/mol. The van der Waals surface area contributed by atoms with Gasteiger partial charge in [-0.2, -0.15) is 0 Å². The molecule has 0 radical (unpaired) electrons. The summed E-state index contributed by atoms with van der Waals surface area (Å²) in [6.45, 7) is -1.73. The summed E-state index contributed by atoms with van der Waals surface area (Å²) < 4.78 is 106. The molecule has 1 saturated heterocycles. The number of hydrogen-bond acceptors (Lipinski definition) is 4. The van der Waals surface area contributed by atoms with Crippen molar-refractivity contribution in [1.29, 1.82) is 0 Å². The number of aliphatic hydroxyl groups is 1. The molecule has 3 atom stereocenters. The van der Waals surface area contributed by atoms with Crippen molar-refractivity contribution in [3.63, 3.8) is 0 Å². The number of ether oxygens (including phenoxy) is 2. The summed E-state index contributed by atoms with van der Waals surface area (Å²) in [6.07, 6.45) is -4.01. The van der Waals surface area contributed by atoms with Crippen molar-refractivity contribution in [2.24, 2.45) is 11.8 Å². The highest BCUT2D eigenvalue weighted by Gasteiger charge is 2.38. The van der Waals surface area contributed by atoms with Crippen molar-refractivity contribution in [3.05, 3.63) is 23.3 Å². The van der Waals surface area contributed by atoms with Gasteiger partial charge in [-0.3, -0.25) is 4.90 Å². The molecule has 3 unspecified atom stereocenters. The molecule has 0 aliphatic carbocycles. The van der Waals surface area contributed by atoms with Gasteiger partial charge < -0.3 is 14.6 Å². The summed E-state index contributed by atoms with van der Waals surface area (Å²) in [4.78, 5) is 0.769. The van der Waals surface area contributed by atoms with Crippen LogP contribution in [0.1, 0.15) is 60.3 Å². The molecule has 0 aromatic heterocycles. The molecule has 1 aromatic rings. The lowest BCUT2D eigenvalue weighted by molar-refractivity contribution is -0.0191. The Balaban J connectivity index is 2.27. The van der Waals surface area contributed by atoms with Crippen LogP contribution in [0, 0.1) is 11.8 Å². The zero-order chi connectivity index (χ0) is 26.9. The van der Waals surface area contributed by atoms with E-state index in [0.717, 1.165) is 17.0 Å². The summed E-state index contributed by atoms with van der Waals surface area (Å²) in [5, 5.41) is 10.9. The first-order valence-electron chi connectivity index (χ1n) is 13.6. The average Bonchev–Trinajstić information content (AvgIpc) is 2.61. The van der Waals surface area contributed by atoms with E-state index in [-0.39, 0.29) is 29.9 Å². The van der Waals surface area contributed by atoms with Gasteiger partial charge in [-0.05, 0) is 54.3 Å². The monoisotopic (exact) mass is 331 g/mol. The first-order valence-corrected chi connectivity index (χ1v) is 7.63. The summed E-state index contributed by atoms with van der Waals surface area (Å²) in [7, 11) is -6.07. The molecule has 2 aliphatic heterocycles. The molecular weight excluding hydrogens is 290 g/mol. The smallest absolute Gasteiger partial charge is 0.161 e. The van der Waals surface area contributed by atoms with Gasteiger partial charge in [0.15, 0.2) is 11.5 Å². The van der Waals surface area contributed by atoms with E-state index in [1.165, 1.54) is 0 Å². The van der Waals surface area contributed by atoms with Crippen LogP contribution in [0.15, 0.2) is 12.1 Å². The molecule has 0 bridgehead atoms. The molecule has 2 heterocycles. The Labute approximate surface area is 156 Å². The van der Waals surface area contributed by atoms with Gasteiger partial charge in [0.2, 0.25) is 0 Å². The topological polar surface area (TPSA) is 41.9 Å². The van der Waals surface area contributed by atoms with Crippen molar-refractivity contribution in [2.45, 2.75) is 45.2 Å². The van der Waals surface area contributed by atoms with E-state index in [9.17, 15) is 5.11 Å². The van der Waals surface area contributed by atoms with Crippen molar-refractivity contribution in [3.8, 4) is 11.5 Å². The second-order valence-corrected chi connectivity index (χ2v) is 6.38. The zero-order valence-electron chi connectivity index (χ0n) is 25.1. The molecule has 4 nitrogen and oxygen atoms in total. The van der Waals surface area contributed by atoms with Gasteiger partial charge >= 0.3 is 0 Å². The Morgan fingerprint density at radius 3 is 2.78 bits per heavy atom. The van der Waals surface area contributed by atoms with Crippen molar-refractivity contribution < 1.29 is 31.0 Å². The molecule has 1 N–H and O–H groups in total. The van der Waals surface area contributed by atoms with E-state index in [1.54, 1.807) is 0 Å². The maximum absolute atomic E-state index is 10.9. The van der Waals surface area contributed by atoms with Gasteiger partial charge in [0, 0.05) is 27.3 Å². The Bertz CT molecular complexity index is 960. The number of methoxy groups -OCH3 is 2. The van der Waals surface area contributed by atoms with Crippen LogP contribution in [0.4, 0.5) is 0 Å². The number of benzene rings is 1. The molecule has 23 heavy (non-hydrogen) atoms. The first kappa shape index (κ1) is 7.32. The highest BCUT2D eigenvalue weighted by Crippen LogP contribution is 2.43. The van der Waals surface area contributed by atoms with Gasteiger partial charge in [-0.15, -0.1) is 0 Å². The quantitative estimate of drug-likeness (QED) is 0.921. The van der Waals surface area contributed by atoms with E-state index < -0.39 is 63.0 Å². The molecule has 0 amide bonds. The summed E-state index contributed by atoms with van der Waals surface area (Å²) in [5.41, 5.74) is -0.362. The second kappa shape index (κ2) is 6.70. The van der Waals surface area contributed by atoms with E-state index in [0.29, 0.717) is 0 Å². The fourth-order valence-electron chi connectivity index (χ4n) is 3.19. The Hall–Kier alpha value is -1.26. The standard InChI is InChI=1S/C19H29NO3/c1-12(2)7-14-11-20-6-5-13-8-18(22-3)19(23-4)9-15(13)16(20)10-17(14)21/h8-9,12,14,16-17,21H,5-7,10-11H2,1-4H3/i3D3,4D3,5D2,6D2,11D2. The largest absolute Gasteiger partial charge is 0.493 e. The summed E-state index contributed by atoms with van der Waals surface area (Å²) >= 11 is 0. The van der Waals surface area contributed by atoms with Crippen LogP contribution in [0.3, 0.4) is 0 Å². The second-order valence-electron chi connectivity index (χ2n) is 6.38. The molecule has 1 aromatic carbocycles. The predicted octanol–water partition coefficient (Wildman–Crippen LogP) is 3.03. The molecule has 3 rings (SSSR count). The highest BCUT2D eigenvalue weighted by molar-refractivity contribution is 5.49. The zero-order valence-corrected chi connectivity index (χ0v) is 13.1. The molecule has 4 heteroatoms. The van der Waals surface area contributed by atoms with Crippen LogP contribution in [0.2, 0.25) is 0 Å². The van der Waals surface area contributed by atoms with Crippen molar-refractivity contribution >= 4 is 0 Å². The number of aliphatic hydroxyl groups excluding tert-OH is 1. The van der Waals surface area contributed by atoms with Gasteiger partial charge in [0.05, 0.1) is 28.4 Å². The fraction of sp³-hybridized carbons (Fsp3) is 0.684. The minimum absolute atomic E-state index is 0.0202. The third-order valence-corrected chi connectivity index (χ3v) is 4.28. The molecule has 0 saturated carbocycles. The molecule has 128 valence electrons. The Morgan fingerprint density at radius 1 is 1.35 bits per heavy atom. The summed E-state index contributed by atoms with van der Waals surface area (Å²) in [6, 6.07) is 0.733. The molecule has 1 fully saturated rings. The highest BCUT2D eigenvalue weighted by atomic mass is 16.5. The number of nitrogens with zero attached hydrogens (tertiary/aromatic N) is 1. The first-order chi connectivity index (χ1) is 15.6. The van der Waals surface area contributed by atoms with E-state index in [2.05, 4.69) is 0 Å². The Morgan fingerprint density at radius 2 is 2.09 bits per heavy atom. The number of aryl methyl sites for hydroxylation is 1. The van der Waals surface area contributed by atoms with Crippen LogP contribution >= 0.6 is 0 Å². The lowest BCUT2D eigenvalue weighted by atomic mass is 9.79. The van der Waals surface area contributed by atoms with Gasteiger partial charge in [0.25, 0.3) is 0 Å². The lowest BCUT2D eigenvalue weighted by Gasteiger charge is -2.46. The van der Waals surface area contributed by atoms with Gasteiger partial charge in [-0.1, -0.05) is 13.8 Å². The third kappa shape index (κ3) is 3.20. The molecule has 2 aliphatic rings. The Kier molecular flexibility index (Phi) is 2.13. The van der Waals surface area contributed by atoms with Crippen molar-refractivity contribution in [2.75, 3.05) is 27.1 Å². The molecule has 0 spiro atoms. The minimum atomic E-state index is -3.05.